The van der Waals surface area contributed by atoms with Gasteiger partial charge in [-0.1, -0.05) is 6.07 Å². The van der Waals surface area contributed by atoms with Crippen molar-refractivity contribution in [2.24, 2.45) is 0 Å². The normalized spacial score (nSPS) is 8.62. The maximum absolute atomic E-state index is 10.7. The van der Waals surface area contributed by atoms with Crippen molar-refractivity contribution in [2.45, 2.75) is 0 Å². The quantitative estimate of drug-likeness (QED) is 0.687. The van der Waals surface area contributed by atoms with Crippen LogP contribution in [0.3, 0.4) is 0 Å². The van der Waals surface area contributed by atoms with E-state index in [0.717, 1.165) is 0 Å². The van der Waals surface area contributed by atoms with Crippen LogP contribution < -0.4 is 10.1 Å². The van der Waals surface area contributed by atoms with Crippen LogP contribution in [0.5, 0.6) is 5.75 Å². The molecule has 4 nitrogen and oxygen atoms in total. The Balaban J connectivity index is 2.79. The molecule has 0 spiro atoms. The molecule has 1 aromatic rings. The van der Waals surface area contributed by atoms with E-state index in [2.05, 4.69) is 5.32 Å². The summed E-state index contributed by atoms with van der Waals surface area (Å²) in [6.07, 6.45) is 0. The Morgan fingerprint density at radius 3 is 3.00 bits per heavy atom. The first kappa shape index (κ1) is 9.07. The Morgan fingerprint density at radius 1 is 1.62 bits per heavy atom. The summed E-state index contributed by atoms with van der Waals surface area (Å²) in [5.74, 6) is -0.0519. The topological polar surface area (TPSA) is 62.1 Å². The van der Waals surface area contributed by atoms with Crippen LogP contribution >= 0.6 is 0 Å². The SMILES string of the molecule is COc1cccc(NC(=O)C#N)c1. The van der Waals surface area contributed by atoms with Crippen molar-refractivity contribution in [3.05, 3.63) is 24.3 Å². The van der Waals surface area contributed by atoms with Gasteiger partial charge >= 0.3 is 5.91 Å². The van der Waals surface area contributed by atoms with Crippen LogP contribution in [0.2, 0.25) is 0 Å². The molecule has 1 aromatic carbocycles. The second kappa shape index (κ2) is 4.12. The number of anilines is 1. The molecule has 0 aliphatic rings. The van der Waals surface area contributed by atoms with Crippen molar-refractivity contribution in [3.8, 4) is 11.8 Å². The van der Waals surface area contributed by atoms with Gasteiger partial charge in [-0.05, 0) is 12.1 Å². The maximum Gasteiger partial charge on any atom is 0.326 e. The minimum atomic E-state index is -0.687. The Hall–Kier alpha value is -2.02. The molecule has 1 N–H and O–H groups in total. The molecule has 0 saturated carbocycles. The van der Waals surface area contributed by atoms with E-state index in [9.17, 15) is 4.79 Å². The molecule has 0 aliphatic carbocycles. The van der Waals surface area contributed by atoms with E-state index in [1.54, 1.807) is 24.3 Å². The van der Waals surface area contributed by atoms with Crippen LogP contribution in [0, 0.1) is 11.3 Å². The van der Waals surface area contributed by atoms with Crippen LogP contribution in [0.4, 0.5) is 5.69 Å². The minimum Gasteiger partial charge on any atom is -0.497 e. The van der Waals surface area contributed by atoms with E-state index >= 15 is 0 Å². The van der Waals surface area contributed by atoms with Crippen LogP contribution in [0.25, 0.3) is 0 Å². The van der Waals surface area contributed by atoms with E-state index in [1.807, 2.05) is 0 Å². The fraction of sp³-hybridized carbons (Fsp3) is 0.111. The van der Waals surface area contributed by atoms with Gasteiger partial charge in [0.15, 0.2) is 6.07 Å². The number of nitrogens with one attached hydrogen (secondary N) is 1. The van der Waals surface area contributed by atoms with E-state index in [4.69, 9.17) is 10.00 Å². The zero-order chi connectivity index (χ0) is 9.68. The molecule has 0 fully saturated rings. The van der Waals surface area contributed by atoms with Gasteiger partial charge in [0.1, 0.15) is 5.75 Å². The number of amides is 1. The summed E-state index contributed by atoms with van der Waals surface area (Å²) in [7, 11) is 1.53. The highest BCUT2D eigenvalue weighted by Crippen LogP contribution is 2.16. The van der Waals surface area contributed by atoms with Crippen LogP contribution in [-0.2, 0) is 4.79 Å². The largest absolute Gasteiger partial charge is 0.497 e. The molecule has 0 saturated heterocycles. The van der Waals surface area contributed by atoms with E-state index < -0.39 is 5.91 Å². The number of rotatable bonds is 2. The molecule has 66 valence electrons. The highest BCUT2D eigenvalue weighted by Gasteiger charge is 1.99. The number of hydrogen-bond donors (Lipinski definition) is 1. The number of ether oxygens (including phenoxy) is 1. The summed E-state index contributed by atoms with van der Waals surface area (Å²) in [5, 5.41) is 10.6. The number of carbonyl (C=O) groups is 1. The first-order valence-electron chi connectivity index (χ1n) is 3.61. The van der Waals surface area contributed by atoms with Crippen molar-refractivity contribution in [3.63, 3.8) is 0 Å². The smallest absolute Gasteiger partial charge is 0.326 e. The molecule has 0 aliphatic heterocycles. The van der Waals surface area contributed by atoms with E-state index in [1.165, 1.54) is 13.2 Å². The van der Waals surface area contributed by atoms with Crippen molar-refractivity contribution in [2.75, 3.05) is 12.4 Å². The number of nitriles is 1. The van der Waals surface area contributed by atoms with Crippen molar-refractivity contribution >= 4 is 11.6 Å². The summed E-state index contributed by atoms with van der Waals surface area (Å²) < 4.78 is 4.94. The van der Waals surface area contributed by atoms with Gasteiger partial charge in [0.25, 0.3) is 0 Å². The first-order valence-corrected chi connectivity index (χ1v) is 3.61. The predicted octanol–water partition coefficient (Wildman–Crippen LogP) is 1.16. The maximum atomic E-state index is 10.7. The lowest BCUT2D eigenvalue weighted by Crippen LogP contribution is -2.07. The monoisotopic (exact) mass is 176 g/mol. The lowest BCUT2D eigenvalue weighted by atomic mass is 10.3. The fourth-order valence-electron chi connectivity index (χ4n) is 0.860. The number of benzene rings is 1. The van der Waals surface area contributed by atoms with Crippen LogP contribution in [0.1, 0.15) is 0 Å². The minimum absolute atomic E-state index is 0.547. The van der Waals surface area contributed by atoms with Gasteiger partial charge in [0, 0.05) is 11.8 Å². The second-order valence-electron chi connectivity index (χ2n) is 2.30. The molecule has 0 atom stereocenters. The average molecular weight is 176 g/mol. The third-order valence-corrected chi connectivity index (χ3v) is 1.43. The molecule has 4 heteroatoms. The third-order valence-electron chi connectivity index (χ3n) is 1.43. The van der Waals surface area contributed by atoms with Crippen LogP contribution in [0.15, 0.2) is 24.3 Å². The van der Waals surface area contributed by atoms with Crippen molar-refractivity contribution in [1.82, 2.24) is 0 Å². The lowest BCUT2D eigenvalue weighted by Gasteiger charge is -2.02. The van der Waals surface area contributed by atoms with E-state index in [0.29, 0.717) is 11.4 Å². The van der Waals surface area contributed by atoms with Crippen LogP contribution in [-0.4, -0.2) is 13.0 Å². The fourth-order valence-corrected chi connectivity index (χ4v) is 0.860. The molecule has 0 unspecified atom stereocenters. The van der Waals surface area contributed by atoms with E-state index in [-0.39, 0.29) is 0 Å². The number of nitrogens with zero attached hydrogens (tertiary/aromatic N) is 1. The standard InChI is InChI=1S/C9H8N2O2/c1-13-8-4-2-3-7(5-8)11-9(12)6-10/h2-5H,1H3,(H,11,12). The average Bonchev–Trinajstić information content (AvgIpc) is 2.18. The van der Waals surface area contributed by atoms with Crippen molar-refractivity contribution in [1.29, 1.82) is 5.26 Å². The summed E-state index contributed by atoms with van der Waals surface area (Å²) >= 11 is 0. The molecular formula is C9H8N2O2. The Morgan fingerprint density at radius 2 is 2.38 bits per heavy atom. The number of hydrogen-bond acceptors (Lipinski definition) is 3. The summed E-state index contributed by atoms with van der Waals surface area (Å²) in [6, 6.07) is 8.25. The number of methoxy groups -OCH3 is 1. The summed E-state index contributed by atoms with van der Waals surface area (Å²) in [4.78, 5) is 10.7. The highest BCUT2D eigenvalue weighted by molar-refractivity contribution is 6.02. The Kier molecular flexibility index (Phi) is 2.87. The second-order valence-corrected chi connectivity index (χ2v) is 2.30. The molecular weight excluding hydrogens is 168 g/mol. The van der Waals surface area contributed by atoms with Gasteiger partial charge in [0.2, 0.25) is 0 Å². The zero-order valence-electron chi connectivity index (χ0n) is 7.07. The van der Waals surface area contributed by atoms with Gasteiger partial charge in [-0.25, -0.2) is 0 Å². The van der Waals surface area contributed by atoms with Gasteiger partial charge in [-0.3, -0.25) is 4.79 Å². The van der Waals surface area contributed by atoms with Gasteiger partial charge in [-0.2, -0.15) is 5.26 Å². The summed E-state index contributed by atoms with van der Waals surface area (Å²) in [5.41, 5.74) is 0.547. The predicted molar refractivity (Wildman–Crippen MR) is 47.2 cm³/mol. The molecule has 1 amide bonds. The Bertz CT molecular complexity index is 355. The molecule has 13 heavy (non-hydrogen) atoms. The number of carbonyl (C=O) groups excluding carboxylic acids is 1. The lowest BCUT2D eigenvalue weighted by molar-refractivity contribution is -0.111. The summed E-state index contributed by atoms with van der Waals surface area (Å²) in [6.45, 7) is 0. The molecule has 1 rings (SSSR count). The van der Waals surface area contributed by atoms with Crippen molar-refractivity contribution < 1.29 is 9.53 Å². The molecule has 0 bridgehead atoms. The zero-order valence-corrected chi connectivity index (χ0v) is 7.07. The van der Waals surface area contributed by atoms with Gasteiger partial charge < -0.3 is 10.1 Å². The molecule has 0 heterocycles. The molecule has 0 radical (unpaired) electrons. The molecule has 0 aromatic heterocycles. The van der Waals surface area contributed by atoms with Gasteiger partial charge in [-0.15, -0.1) is 0 Å². The van der Waals surface area contributed by atoms with Gasteiger partial charge in [0.05, 0.1) is 7.11 Å². The highest BCUT2D eigenvalue weighted by atomic mass is 16.5. The Labute approximate surface area is 75.7 Å². The first-order chi connectivity index (χ1) is 6.26. The third kappa shape index (κ3) is 2.49.